The van der Waals surface area contributed by atoms with Crippen LogP contribution in [0.5, 0.6) is 5.75 Å². The zero-order valence-electron chi connectivity index (χ0n) is 20.7. The van der Waals surface area contributed by atoms with E-state index in [4.69, 9.17) is 32.0 Å². The van der Waals surface area contributed by atoms with E-state index in [-0.39, 0.29) is 6.04 Å². The minimum atomic E-state index is -0.0743. The third kappa shape index (κ3) is 5.59. The van der Waals surface area contributed by atoms with Crippen molar-refractivity contribution in [3.63, 3.8) is 0 Å². The molecule has 37 heavy (non-hydrogen) atoms. The van der Waals surface area contributed by atoms with Crippen LogP contribution in [0.1, 0.15) is 17.4 Å². The molecule has 0 aliphatic carbocycles. The smallest absolute Gasteiger partial charge is 0.162 e. The number of fused-ring (bicyclic) bond motifs is 1. The van der Waals surface area contributed by atoms with Gasteiger partial charge >= 0.3 is 0 Å². The zero-order chi connectivity index (χ0) is 25.8. The van der Waals surface area contributed by atoms with E-state index in [1.165, 1.54) is 5.56 Å². The number of hydrogen-bond donors (Lipinski definition) is 2. The van der Waals surface area contributed by atoms with Gasteiger partial charge in [-0.1, -0.05) is 41.9 Å². The molecule has 0 radical (unpaired) electrons. The average molecular weight is 530 g/mol. The van der Waals surface area contributed by atoms with Crippen LogP contribution in [0.15, 0.2) is 73.1 Å². The molecule has 1 atom stereocenters. The molecule has 5 rings (SSSR count). The molecule has 8 heteroatoms. The third-order valence-electron chi connectivity index (χ3n) is 6.03. The summed E-state index contributed by atoms with van der Waals surface area (Å²) in [6, 6.07) is 19.7. The zero-order valence-corrected chi connectivity index (χ0v) is 22.3. The van der Waals surface area contributed by atoms with Gasteiger partial charge < -0.3 is 15.8 Å². The van der Waals surface area contributed by atoms with E-state index in [1.54, 1.807) is 23.7 Å². The topological polar surface area (TPSA) is 86.0 Å². The molecular formula is C29H28ClN5OS. The second-order valence-electron chi connectivity index (χ2n) is 8.75. The molecule has 0 bridgehead atoms. The first-order valence-electron chi connectivity index (χ1n) is 12.2. The van der Waals surface area contributed by atoms with Gasteiger partial charge in [-0.15, -0.1) is 11.3 Å². The molecule has 0 fully saturated rings. The lowest BCUT2D eigenvalue weighted by molar-refractivity contribution is 0.341. The second kappa shape index (κ2) is 11.3. The molecule has 0 saturated heterocycles. The largest absolute Gasteiger partial charge is 0.493 e. The van der Waals surface area contributed by atoms with Crippen LogP contribution in [0.4, 0.5) is 5.82 Å². The molecule has 0 amide bonds. The van der Waals surface area contributed by atoms with Crippen LogP contribution in [0.25, 0.3) is 32.7 Å². The summed E-state index contributed by atoms with van der Waals surface area (Å²) in [6.45, 7) is 5.19. The van der Waals surface area contributed by atoms with Crippen LogP contribution in [0, 0.1) is 6.92 Å². The van der Waals surface area contributed by atoms with Crippen molar-refractivity contribution in [2.45, 2.75) is 26.3 Å². The van der Waals surface area contributed by atoms with Gasteiger partial charge in [0, 0.05) is 51.6 Å². The minimum Gasteiger partial charge on any atom is -0.493 e. The summed E-state index contributed by atoms with van der Waals surface area (Å²) >= 11 is 8.08. The number of nitrogens with zero attached hydrogens (tertiary/aromatic N) is 3. The van der Waals surface area contributed by atoms with E-state index in [1.807, 2.05) is 55.5 Å². The number of hydrogen-bond acceptors (Lipinski definition) is 7. The monoisotopic (exact) mass is 529 g/mol. The average Bonchev–Trinajstić information content (AvgIpc) is 3.25. The quantitative estimate of drug-likeness (QED) is 0.219. The summed E-state index contributed by atoms with van der Waals surface area (Å²) in [7, 11) is 0. The maximum absolute atomic E-state index is 6.50. The normalized spacial score (nSPS) is 12.0. The molecule has 3 aromatic heterocycles. The first-order chi connectivity index (χ1) is 18.0. The van der Waals surface area contributed by atoms with E-state index in [2.05, 4.69) is 29.4 Å². The van der Waals surface area contributed by atoms with Crippen molar-refractivity contribution < 1.29 is 4.74 Å². The summed E-state index contributed by atoms with van der Waals surface area (Å²) in [5.41, 5.74) is 11.4. The van der Waals surface area contributed by atoms with Gasteiger partial charge in [-0.25, -0.2) is 9.97 Å². The van der Waals surface area contributed by atoms with E-state index in [0.717, 1.165) is 49.8 Å². The molecule has 0 aliphatic heterocycles. The van der Waals surface area contributed by atoms with Gasteiger partial charge in [0.25, 0.3) is 0 Å². The first kappa shape index (κ1) is 25.1. The summed E-state index contributed by atoms with van der Waals surface area (Å²) in [4.78, 5) is 15.2. The number of anilines is 1. The Morgan fingerprint density at radius 1 is 1.05 bits per heavy atom. The Hall–Kier alpha value is -3.52. The second-order valence-corrected chi connectivity index (χ2v) is 10.4. The summed E-state index contributed by atoms with van der Waals surface area (Å²) in [5.74, 6) is 2.16. The fraction of sp³-hybridized carbons (Fsp3) is 0.207. The lowest BCUT2D eigenvalue weighted by atomic mass is 10.0. The SMILES string of the molecule is CCOc1ccc(Cl)cc1-c1c(C)sc2c(NCC(N)Cc3ccccc3)nc(-c3ccncc3)nc12. The van der Waals surface area contributed by atoms with E-state index < -0.39 is 0 Å². The van der Waals surface area contributed by atoms with Gasteiger partial charge in [-0.2, -0.15) is 0 Å². The summed E-state index contributed by atoms with van der Waals surface area (Å²) < 4.78 is 6.93. The van der Waals surface area contributed by atoms with Gasteiger partial charge in [0.1, 0.15) is 11.6 Å². The molecule has 0 saturated carbocycles. The molecule has 3 heterocycles. The number of ether oxygens (including phenoxy) is 1. The standard InChI is InChI=1S/C29H28ClN5OS/c1-3-36-24-10-9-21(30)16-23(24)25-18(2)37-27-26(25)34-28(20-11-13-32-14-12-20)35-29(27)33-17-22(31)15-19-7-5-4-6-8-19/h4-14,16,22H,3,15,17,31H2,1-2H3,(H,33,34,35). The van der Waals surface area contributed by atoms with Gasteiger partial charge in [0.15, 0.2) is 5.82 Å². The summed E-state index contributed by atoms with van der Waals surface area (Å²) in [6.07, 6.45) is 4.26. The van der Waals surface area contributed by atoms with Crippen molar-refractivity contribution in [2.75, 3.05) is 18.5 Å². The van der Waals surface area contributed by atoms with Crippen molar-refractivity contribution in [3.05, 3.63) is 88.5 Å². The van der Waals surface area contributed by atoms with Crippen LogP contribution < -0.4 is 15.8 Å². The third-order valence-corrected chi connectivity index (χ3v) is 7.37. The maximum atomic E-state index is 6.50. The number of pyridine rings is 1. The maximum Gasteiger partial charge on any atom is 0.162 e. The molecule has 6 nitrogen and oxygen atoms in total. The molecular weight excluding hydrogens is 502 g/mol. The highest BCUT2D eigenvalue weighted by Gasteiger charge is 2.22. The van der Waals surface area contributed by atoms with E-state index in [9.17, 15) is 0 Å². The van der Waals surface area contributed by atoms with Crippen LogP contribution in [0.2, 0.25) is 5.02 Å². The lowest BCUT2D eigenvalue weighted by Crippen LogP contribution is -2.31. The molecule has 1 unspecified atom stereocenters. The Morgan fingerprint density at radius 2 is 1.84 bits per heavy atom. The fourth-order valence-corrected chi connectivity index (χ4v) is 5.60. The van der Waals surface area contributed by atoms with Crippen LogP contribution in [-0.2, 0) is 6.42 Å². The van der Waals surface area contributed by atoms with Crippen molar-refractivity contribution in [1.82, 2.24) is 15.0 Å². The minimum absolute atomic E-state index is 0.0743. The number of nitrogens with two attached hydrogens (primary N) is 1. The Morgan fingerprint density at radius 3 is 2.59 bits per heavy atom. The van der Waals surface area contributed by atoms with Crippen LogP contribution >= 0.6 is 22.9 Å². The Labute approximate surface area is 225 Å². The lowest BCUT2D eigenvalue weighted by Gasteiger charge is -2.15. The molecule has 188 valence electrons. The van der Waals surface area contributed by atoms with Crippen LogP contribution in [-0.4, -0.2) is 34.1 Å². The molecule has 3 N–H and O–H groups in total. The number of nitrogens with one attached hydrogen (secondary N) is 1. The first-order valence-corrected chi connectivity index (χ1v) is 13.4. The predicted octanol–water partition coefficient (Wildman–Crippen LogP) is 6.76. The number of halogens is 1. The number of aryl methyl sites for hydroxylation is 1. The highest BCUT2D eigenvalue weighted by atomic mass is 35.5. The van der Waals surface area contributed by atoms with Crippen molar-refractivity contribution in [1.29, 1.82) is 0 Å². The van der Waals surface area contributed by atoms with Crippen LogP contribution in [0.3, 0.4) is 0 Å². The number of benzene rings is 2. The van der Waals surface area contributed by atoms with Gasteiger partial charge in [-0.05, 0) is 56.2 Å². The van der Waals surface area contributed by atoms with Crippen molar-refractivity contribution >= 4 is 39.0 Å². The van der Waals surface area contributed by atoms with Crippen molar-refractivity contribution in [3.8, 4) is 28.3 Å². The van der Waals surface area contributed by atoms with Gasteiger partial charge in [-0.3, -0.25) is 4.98 Å². The Bertz CT molecular complexity index is 1510. The highest BCUT2D eigenvalue weighted by Crippen LogP contribution is 2.44. The molecule has 0 aliphatic rings. The Balaban J connectivity index is 1.59. The van der Waals surface area contributed by atoms with Gasteiger partial charge in [0.05, 0.1) is 16.8 Å². The number of aromatic nitrogens is 3. The van der Waals surface area contributed by atoms with Gasteiger partial charge in [0.2, 0.25) is 0 Å². The van der Waals surface area contributed by atoms with E-state index in [0.29, 0.717) is 24.0 Å². The summed E-state index contributed by atoms with van der Waals surface area (Å²) in [5, 5.41) is 4.17. The Kier molecular flexibility index (Phi) is 7.65. The number of thiophene rings is 1. The molecule has 2 aromatic carbocycles. The molecule has 0 spiro atoms. The molecule has 5 aromatic rings. The fourth-order valence-electron chi connectivity index (χ4n) is 4.35. The number of rotatable bonds is 9. The highest BCUT2D eigenvalue weighted by molar-refractivity contribution is 7.20. The predicted molar refractivity (Wildman–Crippen MR) is 154 cm³/mol. The van der Waals surface area contributed by atoms with E-state index >= 15 is 0 Å². The van der Waals surface area contributed by atoms with Crippen molar-refractivity contribution in [2.24, 2.45) is 5.73 Å².